The number of ether oxygens (including phenoxy) is 1. The highest BCUT2D eigenvalue weighted by Gasteiger charge is 2.54. The first-order valence-electron chi connectivity index (χ1n) is 6.95. The van der Waals surface area contributed by atoms with Gasteiger partial charge in [0.2, 0.25) is 0 Å². The summed E-state index contributed by atoms with van der Waals surface area (Å²) in [5.74, 6) is 0.161. The molecule has 110 valence electrons. The summed E-state index contributed by atoms with van der Waals surface area (Å²) in [5, 5.41) is 11.7. The normalized spacial score (nSPS) is 28.8. The Bertz CT molecular complexity index is 704. The number of carbonyl (C=O) groups is 1. The van der Waals surface area contributed by atoms with Crippen molar-refractivity contribution in [3.05, 3.63) is 17.8 Å². The van der Waals surface area contributed by atoms with Gasteiger partial charge in [-0.25, -0.2) is 9.97 Å². The number of hydrogen-bond donors (Lipinski definition) is 1. The SMILES string of the molecule is O=C(O)[C@]12CCOC[C@H]1CN(c1ncnc3ccsc13)C2. The summed E-state index contributed by atoms with van der Waals surface area (Å²) in [4.78, 5) is 22.6. The van der Waals surface area contributed by atoms with Crippen LogP contribution in [-0.4, -0.2) is 47.3 Å². The molecule has 0 spiro atoms. The zero-order chi connectivity index (χ0) is 14.4. The summed E-state index contributed by atoms with van der Waals surface area (Å²) in [7, 11) is 0. The summed E-state index contributed by atoms with van der Waals surface area (Å²) in [6.45, 7) is 2.22. The lowest BCUT2D eigenvalue weighted by molar-refractivity contribution is -0.157. The summed E-state index contributed by atoms with van der Waals surface area (Å²) < 4.78 is 6.52. The number of carboxylic acid groups (broad SMARTS) is 1. The van der Waals surface area contributed by atoms with Crippen LogP contribution in [0.2, 0.25) is 0 Å². The Balaban J connectivity index is 1.75. The predicted molar refractivity (Wildman–Crippen MR) is 78.6 cm³/mol. The molecule has 0 bridgehead atoms. The maximum absolute atomic E-state index is 11.8. The highest BCUT2D eigenvalue weighted by atomic mass is 32.1. The van der Waals surface area contributed by atoms with Crippen LogP contribution < -0.4 is 4.90 Å². The summed E-state index contributed by atoms with van der Waals surface area (Å²) in [5.41, 5.74) is 0.216. The van der Waals surface area contributed by atoms with E-state index in [2.05, 4.69) is 14.9 Å². The Morgan fingerprint density at radius 2 is 2.43 bits per heavy atom. The van der Waals surface area contributed by atoms with Gasteiger partial charge in [-0.15, -0.1) is 11.3 Å². The number of fused-ring (bicyclic) bond motifs is 2. The van der Waals surface area contributed by atoms with Crippen LogP contribution in [0.4, 0.5) is 5.82 Å². The summed E-state index contributed by atoms with van der Waals surface area (Å²) in [6.07, 6.45) is 2.12. The molecule has 2 atom stereocenters. The average Bonchev–Trinajstić information content (AvgIpc) is 3.11. The number of rotatable bonds is 2. The fraction of sp³-hybridized carbons (Fsp3) is 0.500. The van der Waals surface area contributed by atoms with Gasteiger partial charge in [0, 0.05) is 25.6 Å². The molecular weight excluding hydrogens is 290 g/mol. The molecule has 2 fully saturated rings. The third-order valence-corrected chi connectivity index (χ3v) is 5.56. The van der Waals surface area contributed by atoms with Crippen LogP contribution in [0.15, 0.2) is 17.8 Å². The van der Waals surface area contributed by atoms with Crippen molar-refractivity contribution >= 4 is 33.3 Å². The van der Waals surface area contributed by atoms with Crippen LogP contribution in [0.25, 0.3) is 10.2 Å². The number of anilines is 1. The van der Waals surface area contributed by atoms with E-state index in [1.807, 2.05) is 11.4 Å². The van der Waals surface area contributed by atoms with Crippen molar-refractivity contribution < 1.29 is 14.6 Å². The van der Waals surface area contributed by atoms with Crippen molar-refractivity contribution in [2.45, 2.75) is 6.42 Å². The average molecular weight is 305 g/mol. The molecule has 2 aliphatic rings. The van der Waals surface area contributed by atoms with E-state index >= 15 is 0 Å². The quantitative estimate of drug-likeness (QED) is 0.908. The molecule has 6 nitrogen and oxygen atoms in total. The highest BCUT2D eigenvalue weighted by molar-refractivity contribution is 7.17. The number of aliphatic carboxylic acids is 1. The van der Waals surface area contributed by atoms with Gasteiger partial charge in [0.15, 0.2) is 0 Å². The van der Waals surface area contributed by atoms with E-state index in [1.54, 1.807) is 17.7 Å². The molecule has 0 radical (unpaired) electrons. The van der Waals surface area contributed by atoms with Gasteiger partial charge in [0.1, 0.15) is 12.1 Å². The largest absolute Gasteiger partial charge is 0.481 e. The molecule has 4 heterocycles. The molecule has 2 saturated heterocycles. The number of hydrogen-bond acceptors (Lipinski definition) is 6. The maximum Gasteiger partial charge on any atom is 0.311 e. The number of nitrogens with zero attached hydrogens (tertiary/aromatic N) is 3. The van der Waals surface area contributed by atoms with E-state index < -0.39 is 11.4 Å². The maximum atomic E-state index is 11.8. The number of aromatic nitrogens is 2. The number of thiophene rings is 1. The van der Waals surface area contributed by atoms with Crippen LogP contribution in [0.5, 0.6) is 0 Å². The molecular formula is C14H15N3O3S. The lowest BCUT2D eigenvalue weighted by Crippen LogP contribution is -2.44. The molecule has 4 rings (SSSR count). The van der Waals surface area contributed by atoms with Gasteiger partial charge in [0.05, 0.1) is 22.2 Å². The van der Waals surface area contributed by atoms with Gasteiger partial charge in [-0.1, -0.05) is 0 Å². The van der Waals surface area contributed by atoms with Crippen molar-refractivity contribution in [1.82, 2.24) is 9.97 Å². The van der Waals surface area contributed by atoms with Gasteiger partial charge < -0.3 is 14.7 Å². The van der Waals surface area contributed by atoms with E-state index in [-0.39, 0.29) is 5.92 Å². The van der Waals surface area contributed by atoms with Gasteiger partial charge in [-0.05, 0) is 17.9 Å². The number of carboxylic acids is 1. The van der Waals surface area contributed by atoms with Crippen molar-refractivity contribution in [3.63, 3.8) is 0 Å². The molecule has 0 aromatic carbocycles. The van der Waals surface area contributed by atoms with Gasteiger partial charge in [-0.3, -0.25) is 4.79 Å². The lowest BCUT2D eigenvalue weighted by atomic mass is 9.74. The summed E-state index contributed by atoms with van der Waals surface area (Å²) in [6, 6.07) is 1.96. The molecule has 2 aliphatic heterocycles. The highest BCUT2D eigenvalue weighted by Crippen LogP contribution is 2.44. The second-order valence-corrected chi connectivity index (χ2v) is 6.61. The van der Waals surface area contributed by atoms with E-state index in [0.717, 1.165) is 16.0 Å². The van der Waals surface area contributed by atoms with Gasteiger partial charge in [0.25, 0.3) is 0 Å². The molecule has 2 aromatic heterocycles. The Morgan fingerprint density at radius 1 is 1.52 bits per heavy atom. The first-order chi connectivity index (χ1) is 10.2. The van der Waals surface area contributed by atoms with Crippen molar-refractivity contribution in [3.8, 4) is 0 Å². The molecule has 2 aromatic rings. The minimum Gasteiger partial charge on any atom is -0.481 e. The fourth-order valence-electron chi connectivity index (χ4n) is 3.46. The summed E-state index contributed by atoms with van der Waals surface area (Å²) >= 11 is 1.60. The minimum absolute atomic E-state index is 0.0220. The van der Waals surface area contributed by atoms with Crippen LogP contribution in [0, 0.1) is 11.3 Å². The van der Waals surface area contributed by atoms with Crippen molar-refractivity contribution in [2.75, 3.05) is 31.2 Å². The fourth-order valence-corrected chi connectivity index (χ4v) is 4.32. The van der Waals surface area contributed by atoms with Crippen LogP contribution in [-0.2, 0) is 9.53 Å². The third kappa shape index (κ3) is 1.84. The first kappa shape index (κ1) is 13.0. The zero-order valence-corrected chi connectivity index (χ0v) is 12.2. The standard InChI is InChI=1S/C14H15N3O3S/c18-13(19)14-2-3-20-6-9(14)5-17(7-14)12-11-10(1-4-21-11)15-8-16-12/h1,4,8-9H,2-3,5-7H2,(H,18,19)/t9-,14+/m1/s1. The minimum atomic E-state index is -0.713. The second kappa shape index (κ2) is 4.64. The smallest absolute Gasteiger partial charge is 0.311 e. The molecule has 0 unspecified atom stereocenters. The van der Waals surface area contributed by atoms with Crippen LogP contribution >= 0.6 is 11.3 Å². The second-order valence-electron chi connectivity index (χ2n) is 5.70. The van der Waals surface area contributed by atoms with Gasteiger partial charge >= 0.3 is 5.97 Å². The van der Waals surface area contributed by atoms with E-state index in [4.69, 9.17) is 4.74 Å². The Kier molecular flexibility index (Phi) is 2.87. The molecule has 7 heteroatoms. The topological polar surface area (TPSA) is 75.6 Å². The van der Waals surface area contributed by atoms with E-state index in [1.165, 1.54) is 0 Å². The van der Waals surface area contributed by atoms with Gasteiger partial charge in [-0.2, -0.15) is 0 Å². The van der Waals surface area contributed by atoms with Crippen molar-refractivity contribution in [1.29, 1.82) is 0 Å². The Labute approximate surface area is 125 Å². The van der Waals surface area contributed by atoms with Crippen LogP contribution in [0.3, 0.4) is 0 Å². The molecule has 0 saturated carbocycles. The van der Waals surface area contributed by atoms with Crippen molar-refractivity contribution in [2.24, 2.45) is 11.3 Å². The van der Waals surface area contributed by atoms with E-state index in [0.29, 0.717) is 32.7 Å². The van der Waals surface area contributed by atoms with E-state index in [9.17, 15) is 9.90 Å². The Morgan fingerprint density at radius 3 is 3.24 bits per heavy atom. The predicted octanol–water partition coefficient (Wildman–Crippen LogP) is 1.62. The molecule has 21 heavy (non-hydrogen) atoms. The lowest BCUT2D eigenvalue weighted by Gasteiger charge is -2.33. The monoisotopic (exact) mass is 305 g/mol. The first-order valence-corrected chi connectivity index (χ1v) is 7.83. The molecule has 1 N–H and O–H groups in total. The Hall–Kier alpha value is -1.73. The zero-order valence-electron chi connectivity index (χ0n) is 11.4. The molecule has 0 amide bonds. The van der Waals surface area contributed by atoms with Crippen LogP contribution in [0.1, 0.15) is 6.42 Å². The molecule has 0 aliphatic carbocycles. The third-order valence-electron chi connectivity index (χ3n) is 4.66.